The lowest BCUT2D eigenvalue weighted by molar-refractivity contribution is -0.164. The number of carbonyl (C=O) groups is 1. The molecule has 0 bridgehead atoms. The predicted molar refractivity (Wildman–Crippen MR) is 104 cm³/mol. The average Bonchev–Trinajstić information content (AvgIpc) is 2.64. The van der Waals surface area contributed by atoms with Crippen LogP contribution >= 0.6 is 11.6 Å². The zero-order valence-electron chi connectivity index (χ0n) is 15.8. The molecule has 2 aromatic rings. The molecule has 5 nitrogen and oxygen atoms in total. The first-order valence-corrected chi connectivity index (χ1v) is 9.13. The molecule has 1 aliphatic carbocycles. The summed E-state index contributed by atoms with van der Waals surface area (Å²) in [4.78, 5) is 16.6. The molecule has 0 atom stereocenters. The number of nitrogens with zero attached hydrogens (tertiary/aromatic N) is 2. The molecule has 1 aromatic heterocycles. The van der Waals surface area contributed by atoms with Crippen molar-refractivity contribution in [3.05, 3.63) is 58.9 Å². The molecule has 1 N–H and O–H groups in total. The molecule has 0 spiro atoms. The molecule has 1 saturated carbocycles. The van der Waals surface area contributed by atoms with Gasteiger partial charge in [0.15, 0.2) is 0 Å². The second-order valence-corrected chi connectivity index (χ2v) is 8.45. The van der Waals surface area contributed by atoms with Crippen molar-refractivity contribution in [2.24, 2.45) is 10.8 Å². The molecular weight excluding hydrogens is 362 g/mol. The van der Waals surface area contributed by atoms with Crippen molar-refractivity contribution in [1.82, 2.24) is 10.3 Å². The number of nitriles is 1. The molecule has 0 saturated heterocycles. The largest absolute Gasteiger partial charge is 0.489 e. The molecule has 140 valence electrons. The minimum Gasteiger partial charge on any atom is -0.489 e. The first kappa shape index (κ1) is 19.2. The predicted octanol–water partition coefficient (Wildman–Crippen LogP) is 4.22. The van der Waals surface area contributed by atoms with Gasteiger partial charge in [-0.25, -0.2) is 0 Å². The van der Waals surface area contributed by atoms with Gasteiger partial charge in [-0.2, -0.15) is 5.26 Å². The highest BCUT2D eigenvalue weighted by Crippen LogP contribution is 2.55. The lowest BCUT2D eigenvalue weighted by Crippen LogP contribution is -2.74. The Morgan fingerprint density at radius 3 is 2.52 bits per heavy atom. The van der Waals surface area contributed by atoms with Crippen LogP contribution in [0, 0.1) is 22.2 Å². The van der Waals surface area contributed by atoms with Gasteiger partial charge in [-0.3, -0.25) is 9.78 Å². The number of ether oxygens (including phenoxy) is 1. The summed E-state index contributed by atoms with van der Waals surface area (Å²) in [6, 6.07) is 10.5. The molecule has 0 unspecified atom stereocenters. The Bertz CT molecular complexity index is 887. The van der Waals surface area contributed by atoms with E-state index in [9.17, 15) is 4.79 Å². The topological polar surface area (TPSA) is 75.0 Å². The van der Waals surface area contributed by atoms with E-state index < -0.39 is 0 Å². The summed E-state index contributed by atoms with van der Waals surface area (Å²) >= 11 is 6.12. The summed E-state index contributed by atoms with van der Waals surface area (Å²) in [6.45, 7) is 8.29. The number of hydrogen-bond acceptors (Lipinski definition) is 4. The van der Waals surface area contributed by atoms with E-state index in [-0.39, 0.29) is 28.9 Å². The van der Waals surface area contributed by atoms with Gasteiger partial charge in [-0.1, -0.05) is 39.3 Å². The van der Waals surface area contributed by atoms with Crippen molar-refractivity contribution >= 4 is 17.5 Å². The first-order valence-electron chi connectivity index (χ1n) is 8.75. The number of rotatable bonds is 4. The smallest absolute Gasteiger partial charge is 0.253 e. The Morgan fingerprint density at radius 1 is 1.26 bits per heavy atom. The van der Waals surface area contributed by atoms with Gasteiger partial charge in [0, 0.05) is 35.3 Å². The average molecular weight is 384 g/mol. The van der Waals surface area contributed by atoms with Crippen LogP contribution in [-0.2, 0) is 0 Å². The number of halogens is 1. The van der Waals surface area contributed by atoms with Crippen LogP contribution in [0.15, 0.2) is 42.7 Å². The monoisotopic (exact) mass is 383 g/mol. The molecule has 3 rings (SSSR count). The molecule has 1 aromatic carbocycles. The van der Waals surface area contributed by atoms with E-state index in [0.29, 0.717) is 21.9 Å². The third kappa shape index (κ3) is 3.38. The number of benzene rings is 1. The molecular formula is C21H22ClN3O2. The molecule has 0 radical (unpaired) electrons. The van der Waals surface area contributed by atoms with Crippen molar-refractivity contribution in [2.45, 2.75) is 39.8 Å². The molecule has 1 aliphatic rings. The van der Waals surface area contributed by atoms with Crippen LogP contribution in [0.4, 0.5) is 0 Å². The fraction of sp³-hybridized carbons (Fsp3) is 0.381. The Hall–Kier alpha value is -2.58. The van der Waals surface area contributed by atoms with Crippen LogP contribution in [0.1, 0.15) is 43.6 Å². The maximum absolute atomic E-state index is 12.6. The minimum absolute atomic E-state index is 0.0726. The first-order chi connectivity index (χ1) is 12.7. The van der Waals surface area contributed by atoms with Crippen LogP contribution in [0.5, 0.6) is 5.75 Å². The molecule has 27 heavy (non-hydrogen) atoms. The summed E-state index contributed by atoms with van der Waals surface area (Å²) < 4.78 is 6.22. The standard InChI is InChI=1S/C21H22ClN3O2/c1-20(2)18(25-17(26)14-6-5-9-24-12-14)21(3,4)19(20)27-15-8-7-13(11-23)16(22)10-15/h5-10,12,18-19H,1-4H3,(H,25,26)/t18-,19-. The van der Waals surface area contributed by atoms with E-state index in [4.69, 9.17) is 21.6 Å². The Kier molecular flexibility index (Phi) is 4.88. The van der Waals surface area contributed by atoms with Gasteiger partial charge < -0.3 is 10.1 Å². The highest BCUT2D eigenvalue weighted by atomic mass is 35.5. The molecule has 1 fully saturated rings. The minimum atomic E-state index is -0.290. The van der Waals surface area contributed by atoms with Gasteiger partial charge in [0.1, 0.15) is 17.9 Å². The number of carbonyl (C=O) groups excluding carboxylic acids is 1. The number of amides is 1. The van der Waals surface area contributed by atoms with Gasteiger partial charge >= 0.3 is 0 Å². The number of nitrogens with one attached hydrogen (secondary N) is 1. The third-order valence-electron chi connectivity index (χ3n) is 5.35. The van der Waals surface area contributed by atoms with Crippen LogP contribution in [-0.4, -0.2) is 23.0 Å². The zero-order valence-corrected chi connectivity index (χ0v) is 16.5. The van der Waals surface area contributed by atoms with Gasteiger partial charge in [-0.15, -0.1) is 0 Å². The Morgan fingerprint density at radius 2 is 1.96 bits per heavy atom. The van der Waals surface area contributed by atoms with Gasteiger partial charge in [-0.05, 0) is 24.3 Å². The summed E-state index contributed by atoms with van der Waals surface area (Å²) in [5.41, 5.74) is 0.369. The fourth-order valence-corrected chi connectivity index (χ4v) is 4.52. The second kappa shape index (κ2) is 6.86. The maximum Gasteiger partial charge on any atom is 0.253 e. The highest BCUT2D eigenvalue weighted by Gasteiger charge is 2.64. The third-order valence-corrected chi connectivity index (χ3v) is 5.67. The van der Waals surface area contributed by atoms with E-state index in [1.165, 1.54) is 0 Å². The fourth-order valence-electron chi connectivity index (χ4n) is 4.31. The van der Waals surface area contributed by atoms with Crippen LogP contribution in [0.3, 0.4) is 0 Å². The van der Waals surface area contributed by atoms with Crippen LogP contribution in [0.25, 0.3) is 0 Å². The van der Waals surface area contributed by atoms with Crippen LogP contribution < -0.4 is 10.1 Å². The van der Waals surface area contributed by atoms with E-state index in [0.717, 1.165) is 0 Å². The van der Waals surface area contributed by atoms with Crippen molar-refractivity contribution in [2.75, 3.05) is 0 Å². The lowest BCUT2D eigenvalue weighted by atomic mass is 9.49. The number of pyridine rings is 1. The van der Waals surface area contributed by atoms with E-state index in [1.807, 2.05) is 6.07 Å². The Balaban J connectivity index is 1.77. The van der Waals surface area contributed by atoms with Gasteiger partial charge in [0.05, 0.1) is 16.1 Å². The Labute approximate surface area is 164 Å². The molecule has 1 heterocycles. The highest BCUT2D eigenvalue weighted by molar-refractivity contribution is 6.31. The number of hydrogen-bond donors (Lipinski definition) is 1. The van der Waals surface area contributed by atoms with Gasteiger partial charge in [0.2, 0.25) is 0 Å². The maximum atomic E-state index is 12.6. The van der Waals surface area contributed by atoms with Crippen LogP contribution in [0.2, 0.25) is 5.02 Å². The van der Waals surface area contributed by atoms with E-state index >= 15 is 0 Å². The lowest BCUT2D eigenvalue weighted by Gasteiger charge is -2.63. The zero-order chi connectivity index (χ0) is 19.8. The van der Waals surface area contributed by atoms with Crippen molar-refractivity contribution < 1.29 is 9.53 Å². The van der Waals surface area contributed by atoms with E-state index in [1.54, 1.807) is 42.7 Å². The summed E-state index contributed by atoms with van der Waals surface area (Å²) in [6.07, 6.45) is 3.06. The summed E-state index contributed by atoms with van der Waals surface area (Å²) in [5, 5.41) is 12.5. The molecule has 0 aliphatic heterocycles. The normalized spacial score (nSPS) is 22.2. The molecule has 1 amide bonds. The number of aromatic nitrogens is 1. The summed E-state index contributed by atoms with van der Waals surface area (Å²) in [5.74, 6) is 0.469. The van der Waals surface area contributed by atoms with E-state index in [2.05, 4.69) is 38.0 Å². The van der Waals surface area contributed by atoms with Gasteiger partial charge in [0.25, 0.3) is 5.91 Å². The van der Waals surface area contributed by atoms with Crippen molar-refractivity contribution in [3.8, 4) is 11.8 Å². The van der Waals surface area contributed by atoms with Crippen molar-refractivity contribution in [1.29, 1.82) is 5.26 Å². The van der Waals surface area contributed by atoms with Crippen molar-refractivity contribution in [3.63, 3.8) is 0 Å². The quantitative estimate of drug-likeness (QED) is 0.857. The second-order valence-electron chi connectivity index (χ2n) is 8.04. The summed E-state index contributed by atoms with van der Waals surface area (Å²) in [7, 11) is 0. The molecule has 6 heteroatoms. The SMILES string of the molecule is CC1(C)[C@H](NC(=O)c2cccnc2)C(C)(C)[C@H]1Oc1ccc(C#N)c(Cl)c1.